The smallest absolute Gasteiger partial charge is 0.388 e. The topological polar surface area (TPSA) is 171 Å². The molecule has 0 aliphatic heterocycles. The van der Waals surface area contributed by atoms with Gasteiger partial charge in [-0.2, -0.15) is 0 Å². The monoisotopic (exact) mass is 259 g/mol. The molecule has 0 saturated heterocycles. The SMILES string of the molecule is N[C@@H](C=O)[C@H](O)[C@@H](O)[C@H](O)COP(=O)(O)O. The van der Waals surface area contributed by atoms with Gasteiger partial charge in [-0.3, -0.25) is 4.52 Å². The summed E-state index contributed by atoms with van der Waals surface area (Å²) in [7, 11) is -4.77. The van der Waals surface area contributed by atoms with Crippen LogP contribution in [0.1, 0.15) is 0 Å². The minimum Gasteiger partial charge on any atom is -0.388 e. The van der Waals surface area contributed by atoms with E-state index in [2.05, 4.69) is 4.52 Å². The van der Waals surface area contributed by atoms with Crippen LogP contribution in [0, 0.1) is 0 Å². The summed E-state index contributed by atoms with van der Waals surface area (Å²) >= 11 is 0. The Bertz CT molecular complexity index is 267. The lowest BCUT2D eigenvalue weighted by molar-refractivity contribution is -0.118. The third-order valence-corrected chi connectivity index (χ3v) is 2.19. The summed E-state index contributed by atoms with van der Waals surface area (Å²) < 4.78 is 14.1. The summed E-state index contributed by atoms with van der Waals surface area (Å²) in [6.07, 6.45) is -5.24. The molecule has 0 aromatic rings. The number of hydrogen-bond acceptors (Lipinski definition) is 7. The zero-order chi connectivity index (χ0) is 12.9. The van der Waals surface area contributed by atoms with Gasteiger partial charge in [0.05, 0.1) is 12.6 Å². The van der Waals surface area contributed by atoms with Gasteiger partial charge in [-0.1, -0.05) is 0 Å². The number of phosphoric ester groups is 1. The average Bonchev–Trinajstić information content (AvgIpc) is 2.21. The van der Waals surface area contributed by atoms with Crippen molar-refractivity contribution < 1.29 is 39.0 Å². The number of aldehydes is 1. The zero-order valence-corrected chi connectivity index (χ0v) is 8.97. The molecule has 0 spiro atoms. The summed E-state index contributed by atoms with van der Waals surface area (Å²) in [5.41, 5.74) is 5.05. The molecule has 16 heavy (non-hydrogen) atoms. The molecule has 0 aromatic carbocycles. The van der Waals surface area contributed by atoms with Gasteiger partial charge >= 0.3 is 7.82 Å². The van der Waals surface area contributed by atoms with Gasteiger partial charge in [0, 0.05) is 0 Å². The predicted molar refractivity (Wildman–Crippen MR) is 50.1 cm³/mol. The zero-order valence-electron chi connectivity index (χ0n) is 8.08. The number of hydrogen-bond donors (Lipinski definition) is 6. The highest BCUT2D eigenvalue weighted by Gasteiger charge is 2.30. The molecular weight excluding hydrogens is 245 g/mol. The highest BCUT2D eigenvalue weighted by molar-refractivity contribution is 7.46. The van der Waals surface area contributed by atoms with Crippen LogP contribution >= 0.6 is 7.82 Å². The molecule has 0 rings (SSSR count). The Balaban J connectivity index is 4.22. The van der Waals surface area contributed by atoms with Crippen LogP contribution in [0.15, 0.2) is 0 Å². The van der Waals surface area contributed by atoms with Crippen LogP contribution in [0.3, 0.4) is 0 Å². The Morgan fingerprint density at radius 2 is 1.75 bits per heavy atom. The minimum absolute atomic E-state index is 0.157. The lowest BCUT2D eigenvalue weighted by Gasteiger charge is -2.24. The van der Waals surface area contributed by atoms with Crippen LogP contribution in [0.4, 0.5) is 0 Å². The second-order valence-corrected chi connectivity index (χ2v) is 4.29. The van der Waals surface area contributed by atoms with Gasteiger partial charge < -0.3 is 35.6 Å². The number of carbonyl (C=O) groups is 1. The highest BCUT2D eigenvalue weighted by atomic mass is 31.2. The van der Waals surface area contributed by atoms with Crippen LogP contribution in [0.25, 0.3) is 0 Å². The van der Waals surface area contributed by atoms with Crippen LogP contribution in [0.2, 0.25) is 0 Å². The Hall–Kier alpha value is -0.380. The van der Waals surface area contributed by atoms with E-state index in [1.54, 1.807) is 0 Å². The first-order valence-corrected chi connectivity index (χ1v) is 5.67. The summed E-state index contributed by atoms with van der Waals surface area (Å²) in [5.74, 6) is 0. The van der Waals surface area contributed by atoms with Crippen molar-refractivity contribution in [2.45, 2.75) is 24.4 Å². The number of aliphatic hydroxyl groups excluding tert-OH is 3. The first kappa shape index (κ1) is 15.6. The quantitative estimate of drug-likeness (QED) is 0.202. The van der Waals surface area contributed by atoms with Gasteiger partial charge in [-0.15, -0.1) is 0 Å². The number of nitrogens with two attached hydrogens (primary N) is 1. The third kappa shape index (κ3) is 5.64. The van der Waals surface area contributed by atoms with E-state index in [1.165, 1.54) is 0 Å². The molecule has 96 valence electrons. The molecular formula is C6H14NO8P. The van der Waals surface area contributed by atoms with Gasteiger partial charge in [0.2, 0.25) is 0 Å². The Labute approximate surface area is 90.7 Å². The lowest BCUT2D eigenvalue weighted by Crippen LogP contribution is -2.50. The Morgan fingerprint density at radius 1 is 1.25 bits per heavy atom. The molecule has 9 nitrogen and oxygen atoms in total. The van der Waals surface area contributed by atoms with E-state index < -0.39 is 38.8 Å². The fourth-order valence-electron chi connectivity index (χ4n) is 0.808. The standard InChI is InChI=1S/C6H14NO8P/c7-3(1-8)5(10)6(11)4(9)2-15-16(12,13)14/h1,3-6,9-11H,2,7H2,(H2,12,13,14)/t3-,4+,5-,6-/m0/s1. The molecule has 0 aliphatic carbocycles. The third-order valence-electron chi connectivity index (χ3n) is 1.71. The highest BCUT2D eigenvalue weighted by Crippen LogP contribution is 2.35. The molecule has 0 fully saturated rings. The van der Waals surface area contributed by atoms with Gasteiger partial charge in [-0.25, -0.2) is 4.57 Å². The number of aliphatic hydroxyl groups is 3. The fourth-order valence-corrected chi connectivity index (χ4v) is 1.15. The second-order valence-electron chi connectivity index (χ2n) is 3.05. The molecule has 0 heterocycles. The lowest BCUT2D eigenvalue weighted by atomic mass is 10.0. The van der Waals surface area contributed by atoms with Crippen molar-refractivity contribution in [1.82, 2.24) is 0 Å². The summed E-state index contributed by atoms with van der Waals surface area (Å²) in [6, 6.07) is -1.42. The van der Waals surface area contributed by atoms with E-state index in [-0.39, 0.29) is 6.29 Å². The van der Waals surface area contributed by atoms with Crippen molar-refractivity contribution in [3.05, 3.63) is 0 Å². The van der Waals surface area contributed by atoms with Crippen LogP contribution in [-0.2, 0) is 13.9 Å². The molecule has 0 aliphatic rings. The largest absolute Gasteiger partial charge is 0.469 e. The van der Waals surface area contributed by atoms with Gasteiger partial charge in [-0.05, 0) is 0 Å². The van der Waals surface area contributed by atoms with Crippen molar-refractivity contribution in [2.24, 2.45) is 5.73 Å². The van der Waals surface area contributed by atoms with Crippen molar-refractivity contribution in [2.75, 3.05) is 6.61 Å². The molecule has 0 bridgehead atoms. The van der Waals surface area contributed by atoms with E-state index in [0.29, 0.717) is 0 Å². The van der Waals surface area contributed by atoms with Crippen molar-refractivity contribution >= 4 is 14.1 Å². The van der Waals surface area contributed by atoms with Gasteiger partial charge in [0.1, 0.15) is 24.6 Å². The fraction of sp³-hybridized carbons (Fsp3) is 0.833. The maximum absolute atomic E-state index is 10.3. The first-order valence-electron chi connectivity index (χ1n) is 4.14. The number of carbonyl (C=O) groups excluding carboxylic acids is 1. The molecule has 0 amide bonds. The summed E-state index contributed by atoms with van der Waals surface area (Å²) in [4.78, 5) is 26.7. The van der Waals surface area contributed by atoms with Gasteiger partial charge in [0.15, 0.2) is 0 Å². The molecule has 7 N–H and O–H groups in total. The second kappa shape index (κ2) is 6.38. The maximum atomic E-state index is 10.3. The van der Waals surface area contributed by atoms with E-state index in [4.69, 9.17) is 20.6 Å². The summed E-state index contributed by atoms with van der Waals surface area (Å²) in [6.45, 7) is -0.909. The van der Waals surface area contributed by atoms with Crippen LogP contribution < -0.4 is 5.73 Å². The van der Waals surface area contributed by atoms with Crippen molar-refractivity contribution in [1.29, 1.82) is 0 Å². The van der Waals surface area contributed by atoms with Crippen LogP contribution in [0.5, 0.6) is 0 Å². The van der Waals surface area contributed by atoms with E-state index >= 15 is 0 Å². The average molecular weight is 259 g/mol. The molecule has 0 aromatic heterocycles. The number of phosphoric acid groups is 1. The molecule has 0 radical (unpaired) electrons. The van der Waals surface area contributed by atoms with E-state index in [0.717, 1.165) is 0 Å². The van der Waals surface area contributed by atoms with Gasteiger partial charge in [0.25, 0.3) is 0 Å². The Kier molecular flexibility index (Phi) is 6.23. The number of rotatable bonds is 7. The van der Waals surface area contributed by atoms with Crippen molar-refractivity contribution in [3.8, 4) is 0 Å². The van der Waals surface area contributed by atoms with Crippen molar-refractivity contribution in [3.63, 3.8) is 0 Å². The minimum atomic E-state index is -4.77. The van der Waals surface area contributed by atoms with E-state index in [1.807, 2.05) is 0 Å². The first-order chi connectivity index (χ1) is 7.19. The molecule has 0 unspecified atom stereocenters. The summed E-state index contributed by atoms with van der Waals surface area (Å²) in [5, 5.41) is 27.5. The maximum Gasteiger partial charge on any atom is 0.469 e. The molecule has 10 heteroatoms. The normalized spacial score (nSPS) is 19.9. The van der Waals surface area contributed by atoms with E-state index in [9.17, 15) is 19.6 Å². The predicted octanol–water partition coefficient (Wildman–Crippen LogP) is -3.30. The Morgan fingerprint density at radius 3 is 2.12 bits per heavy atom. The molecule has 4 atom stereocenters. The molecule has 0 saturated carbocycles. The van der Waals surface area contributed by atoms with Crippen LogP contribution in [-0.4, -0.2) is 62.4 Å².